The Morgan fingerprint density at radius 2 is 2.17 bits per heavy atom. The van der Waals surface area contributed by atoms with Crippen molar-refractivity contribution in [2.75, 3.05) is 18.5 Å². The molecule has 66 valence electrons. The summed E-state index contributed by atoms with van der Waals surface area (Å²) in [4.78, 5) is 0. The summed E-state index contributed by atoms with van der Waals surface area (Å²) in [5, 5.41) is 20.9. The average molecular weight is 167 g/mol. The Morgan fingerprint density at radius 3 is 2.83 bits per heavy atom. The van der Waals surface area contributed by atoms with Crippen molar-refractivity contribution in [3.05, 3.63) is 23.8 Å². The SMILES string of the molecule is Cc1cccc(NCCO)c1O. The quantitative estimate of drug-likeness (QED) is 0.591. The molecule has 0 amide bonds. The Labute approximate surface area is 71.7 Å². The molecule has 1 aromatic carbocycles. The van der Waals surface area contributed by atoms with Crippen LogP contribution in [0.2, 0.25) is 0 Å². The first-order valence-electron chi connectivity index (χ1n) is 3.89. The van der Waals surface area contributed by atoms with Crippen molar-refractivity contribution in [3.63, 3.8) is 0 Å². The molecule has 0 aliphatic heterocycles. The van der Waals surface area contributed by atoms with Gasteiger partial charge in [-0.1, -0.05) is 12.1 Å². The van der Waals surface area contributed by atoms with Crippen LogP contribution in [0.15, 0.2) is 18.2 Å². The van der Waals surface area contributed by atoms with E-state index >= 15 is 0 Å². The molecule has 3 nitrogen and oxygen atoms in total. The summed E-state index contributed by atoms with van der Waals surface area (Å²) in [5.74, 6) is 0.256. The van der Waals surface area contributed by atoms with E-state index in [-0.39, 0.29) is 12.4 Å². The fourth-order valence-corrected chi connectivity index (χ4v) is 0.992. The van der Waals surface area contributed by atoms with Gasteiger partial charge in [-0.25, -0.2) is 0 Å². The van der Waals surface area contributed by atoms with E-state index in [0.717, 1.165) is 5.56 Å². The van der Waals surface area contributed by atoms with Crippen LogP contribution in [0.25, 0.3) is 0 Å². The minimum atomic E-state index is 0.0629. The lowest BCUT2D eigenvalue weighted by molar-refractivity contribution is 0.311. The third-order valence-corrected chi connectivity index (χ3v) is 1.67. The molecule has 1 rings (SSSR count). The van der Waals surface area contributed by atoms with Crippen molar-refractivity contribution in [1.29, 1.82) is 0 Å². The van der Waals surface area contributed by atoms with Gasteiger partial charge < -0.3 is 15.5 Å². The zero-order chi connectivity index (χ0) is 8.97. The molecule has 0 radical (unpaired) electrons. The number of phenols is 1. The smallest absolute Gasteiger partial charge is 0.141 e. The summed E-state index contributed by atoms with van der Waals surface area (Å²) in [6, 6.07) is 5.46. The highest BCUT2D eigenvalue weighted by Gasteiger charge is 2.00. The Bertz CT molecular complexity index is 261. The summed E-state index contributed by atoms with van der Waals surface area (Å²) in [6.07, 6.45) is 0. The number of phenolic OH excluding ortho intramolecular Hbond substituents is 1. The van der Waals surface area contributed by atoms with E-state index < -0.39 is 0 Å². The number of aryl methyl sites for hydroxylation is 1. The lowest BCUT2D eigenvalue weighted by Gasteiger charge is -2.07. The van der Waals surface area contributed by atoms with Gasteiger partial charge in [0.2, 0.25) is 0 Å². The van der Waals surface area contributed by atoms with Crippen LogP contribution in [-0.2, 0) is 0 Å². The standard InChI is InChI=1S/C9H13NO2/c1-7-3-2-4-8(9(7)12)10-5-6-11/h2-4,10-12H,5-6H2,1H3. The molecule has 0 aliphatic rings. The number of aliphatic hydroxyl groups is 1. The van der Waals surface area contributed by atoms with Gasteiger partial charge in [0.05, 0.1) is 12.3 Å². The number of hydrogen-bond acceptors (Lipinski definition) is 3. The van der Waals surface area contributed by atoms with Gasteiger partial charge in [0, 0.05) is 6.54 Å². The number of anilines is 1. The first-order valence-corrected chi connectivity index (χ1v) is 3.89. The lowest BCUT2D eigenvalue weighted by atomic mass is 10.2. The molecular formula is C9H13NO2. The van der Waals surface area contributed by atoms with Crippen molar-refractivity contribution in [3.8, 4) is 5.75 Å². The molecule has 0 fully saturated rings. The molecule has 0 bridgehead atoms. The van der Waals surface area contributed by atoms with Crippen LogP contribution in [0.1, 0.15) is 5.56 Å². The van der Waals surface area contributed by atoms with Gasteiger partial charge in [-0.2, -0.15) is 0 Å². The highest BCUT2D eigenvalue weighted by atomic mass is 16.3. The summed E-state index contributed by atoms with van der Waals surface area (Å²) in [5.41, 5.74) is 1.50. The summed E-state index contributed by atoms with van der Waals surface area (Å²) >= 11 is 0. The van der Waals surface area contributed by atoms with E-state index in [1.54, 1.807) is 6.07 Å². The fraction of sp³-hybridized carbons (Fsp3) is 0.333. The molecule has 3 heteroatoms. The third kappa shape index (κ3) is 1.89. The highest BCUT2D eigenvalue weighted by molar-refractivity contribution is 5.58. The van der Waals surface area contributed by atoms with Gasteiger partial charge in [-0.15, -0.1) is 0 Å². The van der Waals surface area contributed by atoms with Crippen molar-refractivity contribution >= 4 is 5.69 Å². The Hall–Kier alpha value is -1.22. The number of para-hydroxylation sites is 1. The van der Waals surface area contributed by atoms with Gasteiger partial charge >= 0.3 is 0 Å². The van der Waals surface area contributed by atoms with Crippen LogP contribution in [0, 0.1) is 6.92 Å². The predicted molar refractivity (Wildman–Crippen MR) is 48.4 cm³/mol. The van der Waals surface area contributed by atoms with Crippen LogP contribution in [0.5, 0.6) is 5.75 Å². The van der Waals surface area contributed by atoms with Crippen LogP contribution in [0.4, 0.5) is 5.69 Å². The van der Waals surface area contributed by atoms with Crippen molar-refractivity contribution in [1.82, 2.24) is 0 Å². The number of rotatable bonds is 3. The highest BCUT2D eigenvalue weighted by Crippen LogP contribution is 2.25. The molecule has 0 spiro atoms. The number of hydrogen-bond donors (Lipinski definition) is 3. The minimum absolute atomic E-state index is 0.0629. The minimum Gasteiger partial charge on any atom is -0.506 e. The second-order valence-corrected chi connectivity index (χ2v) is 2.62. The normalized spacial score (nSPS) is 9.83. The molecule has 0 saturated heterocycles. The van der Waals surface area contributed by atoms with Gasteiger partial charge in [-0.05, 0) is 18.6 Å². The van der Waals surface area contributed by atoms with Gasteiger partial charge in [0.15, 0.2) is 0 Å². The third-order valence-electron chi connectivity index (χ3n) is 1.67. The summed E-state index contributed by atoms with van der Waals surface area (Å²) in [6.45, 7) is 2.35. The Balaban J connectivity index is 2.78. The van der Waals surface area contributed by atoms with Crippen LogP contribution in [0.3, 0.4) is 0 Å². The molecule has 0 heterocycles. The summed E-state index contributed by atoms with van der Waals surface area (Å²) < 4.78 is 0. The summed E-state index contributed by atoms with van der Waals surface area (Å²) in [7, 11) is 0. The van der Waals surface area contributed by atoms with E-state index in [9.17, 15) is 5.11 Å². The van der Waals surface area contributed by atoms with E-state index in [4.69, 9.17) is 5.11 Å². The second-order valence-electron chi connectivity index (χ2n) is 2.62. The molecule has 0 saturated carbocycles. The second kappa shape index (κ2) is 3.97. The van der Waals surface area contributed by atoms with Gasteiger partial charge in [-0.3, -0.25) is 0 Å². The topological polar surface area (TPSA) is 52.5 Å². The Kier molecular flexibility index (Phi) is 2.94. The van der Waals surface area contributed by atoms with Crippen LogP contribution >= 0.6 is 0 Å². The lowest BCUT2D eigenvalue weighted by Crippen LogP contribution is -2.05. The average Bonchev–Trinajstić information content (AvgIpc) is 2.08. The maximum atomic E-state index is 9.48. The van der Waals surface area contributed by atoms with E-state index in [1.165, 1.54) is 0 Å². The predicted octanol–water partition coefficient (Wildman–Crippen LogP) is 1.10. The van der Waals surface area contributed by atoms with E-state index in [1.807, 2.05) is 19.1 Å². The monoisotopic (exact) mass is 167 g/mol. The molecule has 1 aromatic rings. The maximum absolute atomic E-state index is 9.48. The van der Waals surface area contributed by atoms with Crippen molar-refractivity contribution < 1.29 is 10.2 Å². The number of aliphatic hydroxyl groups excluding tert-OH is 1. The molecule has 0 aromatic heterocycles. The fourth-order valence-electron chi connectivity index (χ4n) is 0.992. The number of benzene rings is 1. The first-order chi connectivity index (χ1) is 5.75. The zero-order valence-corrected chi connectivity index (χ0v) is 7.04. The molecule has 3 N–H and O–H groups in total. The largest absolute Gasteiger partial charge is 0.506 e. The number of nitrogens with one attached hydrogen (secondary N) is 1. The molecule has 0 atom stereocenters. The molecule has 12 heavy (non-hydrogen) atoms. The molecule has 0 unspecified atom stereocenters. The van der Waals surface area contributed by atoms with Crippen LogP contribution < -0.4 is 5.32 Å². The Morgan fingerprint density at radius 1 is 1.42 bits per heavy atom. The van der Waals surface area contributed by atoms with E-state index in [2.05, 4.69) is 5.32 Å². The van der Waals surface area contributed by atoms with Crippen molar-refractivity contribution in [2.45, 2.75) is 6.92 Å². The van der Waals surface area contributed by atoms with Gasteiger partial charge in [0.1, 0.15) is 5.75 Å². The number of aromatic hydroxyl groups is 1. The zero-order valence-electron chi connectivity index (χ0n) is 7.04. The van der Waals surface area contributed by atoms with E-state index in [0.29, 0.717) is 12.2 Å². The van der Waals surface area contributed by atoms with Crippen LogP contribution in [-0.4, -0.2) is 23.4 Å². The maximum Gasteiger partial charge on any atom is 0.141 e. The molecule has 0 aliphatic carbocycles. The van der Waals surface area contributed by atoms with Crippen molar-refractivity contribution in [2.24, 2.45) is 0 Å². The molecular weight excluding hydrogens is 154 g/mol. The van der Waals surface area contributed by atoms with Gasteiger partial charge in [0.25, 0.3) is 0 Å². The first kappa shape index (κ1) is 8.87.